The quantitative estimate of drug-likeness (QED) is 0.0261. The minimum Gasteiger partial charge on any atom is -0.462 e. The van der Waals surface area contributed by atoms with Crippen LogP contribution < -0.4 is 0 Å². The minimum atomic E-state index is -0.795. The monoisotopic (exact) mass is 1150 g/mol. The molecule has 6 nitrogen and oxygen atoms in total. The summed E-state index contributed by atoms with van der Waals surface area (Å²) in [4.78, 5) is 38.4. The van der Waals surface area contributed by atoms with Gasteiger partial charge in [0.15, 0.2) is 6.10 Å². The zero-order valence-electron chi connectivity index (χ0n) is 54.4. The molecule has 0 heterocycles. The molecular weight excluding hydrogens is 1020 g/mol. The summed E-state index contributed by atoms with van der Waals surface area (Å²) in [6.07, 6.45) is 98.0. The first-order valence-corrected chi connectivity index (χ1v) is 35.0. The third-order valence-corrected chi connectivity index (χ3v) is 14.9. The van der Waals surface area contributed by atoms with Crippen LogP contribution in [0.3, 0.4) is 0 Å². The van der Waals surface area contributed by atoms with Crippen LogP contribution in [0.2, 0.25) is 0 Å². The van der Waals surface area contributed by atoms with Crippen LogP contribution in [0.25, 0.3) is 0 Å². The lowest BCUT2D eigenvalue weighted by molar-refractivity contribution is -0.167. The molecule has 0 N–H and O–H groups in total. The molecule has 0 bridgehead atoms. The average Bonchev–Trinajstić information content (AvgIpc) is 3.49. The fourth-order valence-corrected chi connectivity index (χ4v) is 9.75. The number of hydrogen-bond acceptors (Lipinski definition) is 6. The largest absolute Gasteiger partial charge is 0.462 e. The number of allylic oxidation sites excluding steroid dienone is 20. The maximum absolute atomic E-state index is 12.9. The molecule has 0 aromatic heterocycles. The number of carbonyl (C=O) groups excluding carboxylic acids is 3. The van der Waals surface area contributed by atoms with Crippen molar-refractivity contribution >= 4 is 17.9 Å². The van der Waals surface area contributed by atoms with Crippen molar-refractivity contribution in [3.63, 3.8) is 0 Å². The second-order valence-electron chi connectivity index (χ2n) is 23.0. The van der Waals surface area contributed by atoms with Gasteiger partial charge >= 0.3 is 17.9 Å². The molecule has 0 aromatic rings. The maximum Gasteiger partial charge on any atom is 0.306 e. The predicted octanol–water partition coefficient (Wildman–Crippen LogP) is 24.3. The first-order valence-electron chi connectivity index (χ1n) is 35.0. The van der Waals surface area contributed by atoms with E-state index in [0.717, 1.165) is 148 Å². The molecule has 0 aliphatic heterocycles. The van der Waals surface area contributed by atoms with Crippen molar-refractivity contribution in [1.82, 2.24) is 0 Å². The lowest BCUT2D eigenvalue weighted by Gasteiger charge is -2.18. The average molecular weight is 1150 g/mol. The number of unbranched alkanes of at least 4 members (excludes halogenated alkanes) is 32. The van der Waals surface area contributed by atoms with Gasteiger partial charge in [-0.25, -0.2) is 0 Å². The van der Waals surface area contributed by atoms with Crippen LogP contribution in [0.4, 0.5) is 0 Å². The Morgan fingerprint density at radius 3 is 0.735 bits per heavy atom. The second kappa shape index (κ2) is 70.3. The molecule has 0 saturated carbocycles. The molecule has 1 atom stereocenters. The topological polar surface area (TPSA) is 78.9 Å². The van der Waals surface area contributed by atoms with Crippen molar-refractivity contribution in [1.29, 1.82) is 0 Å². The van der Waals surface area contributed by atoms with Gasteiger partial charge in [0.2, 0.25) is 0 Å². The highest BCUT2D eigenvalue weighted by molar-refractivity contribution is 5.71. The fraction of sp³-hybridized carbons (Fsp3) is 0.701. The number of ether oxygens (including phenoxy) is 3. The second-order valence-corrected chi connectivity index (χ2v) is 23.0. The Bertz CT molecular complexity index is 1700. The fourth-order valence-electron chi connectivity index (χ4n) is 9.75. The van der Waals surface area contributed by atoms with Crippen LogP contribution in [0.1, 0.15) is 329 Å². The van der Waals surface area contributed by atoms with E-state index in [2.05, 4.69) is 142 Å². The maximum atomic E-state index is 12.9. The zero-order chi connectivity index (χ0) is 59.9. The molecule has 83 heavy (non-hydrogen) atoms. The Morgan fingerprint density at radius 2 is 0.470 bits per heavy atom. The standard InChI is InChI=1S/C77H130O6/c1-4-7-10-13-16-19-22-25-28-30-32-33-34-35-36-37-38-39-40-41-42-43-45-46-49-52-55-58-61-64-67-70-76(79)82-73-74(72-81-75(78)69-66-63-60-57-54-51-48-27-24-21-18-15-12-9-6-3)83-77(80)71-68-65-62-59-56-53-50-47-44-31-29-26-23-20-17-14-11-8-5-2/h7-8,10-11,16-21,25-29,32-33,44,47-48,74H,4-6,9,12-15,22-24,30-31,34-43,45-46,49-73H2,1-3H3/b10-7-,11-8-,19-16-,20-17-,21-18-,28-25-,29-26-,33-32-,47-44-,48-27-. The molecule has 0 aromatic carbocycles. The van der Waals surface area contributed by atoms with E-state index in [4.69, 9.17) is 14.2 Å². The van der Waals surface area contributed by atoms with Gasteiger partial charge in [-0.15, -0.1) is 0 Å². The zero-order valence-corrected chi connectivity index (χ0v) is 54.4. The summed E-state index contributed by atoms with van der Waals surface area (Å²) in [7, 11) is 0. The Kier molecular flexibility index (Phi) is 66.7. The summed E-state index contributed by atoms with van der Waals surface area (Å²) < 4.78 is 17.0. The van der Waals surface area contributed by atoms with Gasteiger partial charge in [0, 0.05) is 19.3 Å². The van der Waals surface area contributed by atoms with Crippen LogP contribution >= 0.6 is 0 Å². The number of carbonyl (C=O) groups is 3. The Labute approximate surface area is 513 Å². The SMILES string of the molecule is CC/C=C\C/C=C\C/C=C\C/C=C\CCCCCCCCCCCCCCCCCCCCC(=O)OCC(COC(=O)CCCCCCC/C=C\C/C=C\CCCCC)OC(=O)CCCCCCCC/C=C\C/C=C\C/C=C\C/C=C\CC. The molecule has 0 saturated heterocycles. The minimum absolute atomic E-state index is 0.0879. The van der Waals surface area contributed by atoms with Gasteiger partial charge < -0.3 is 14.2 Å². The van der Waals surface area contributed by atoms with Crippen molar-refractivity contribution in [2.75, 3.05) is 13.2 Å². The Balaban J connectivity index is 4.27. The van der Waals surface area contributed by atoms with Gasteiger partial charge in [0.05, 0.1) is 0 Å². The van der Waals surface area contributed by atoms with Crippen LogP contribution in [0, 0.1) is 0 Å². The van der Waals surface area contributed by atoms with E-state index >= 15 is 0 Å². The summed E-state index contributed by atoms with van der Waals surface area (Å²) >= 11 is 0. The van der Waals surface area contributed by atoms with E-state index in [-0.39, 0.29) is 31.1 Å². The van der Waals surface area contributed by atoms with E-state index in [0.29, 0.717) is 19.3 Å². The van der Waals surface area contributed by atoms with Crippen LogP contribution in [0.15, 0.2) is 122 Å². The van der Waals surface area contributed by atoms with Crippen molar-refractivity contribution < 1.29 is 28.6 Å². The number of esters is 3. The lowest BCUT2D eigenvalue weighted by Crippen LogP contribution is -2.30. The molecule has 0 radical (unpaired) electrons. The van der Waals surface area contributed by atoms with Gasteiger partial charge in [-0.2, -0.15) is 0 Å². The molecule has 0 spiro atoms. The highest BCUT2D eigenvalue weighted by atomic mass is 16.6. The summed E-state index contributed by atoms with van der Waals surface area (Å²) in [5.74, 6) is -0.905. The van der Waals surface area contributed by atoms with Gasteiger partial charge in [0.1, 0.15) is 13.2 Å². The predicted molar refractivity (Wildman–Crippen MR) is 362 cm³/mol. The first kappa shape index (κ1) is 78.8. The number of rotatable bonds is 63. The summed E-state index contributed by atoms with van der Waals surface area (Å²) in [6.45, 7) is 6.39. The van der Waals surface area contributed by atoms with Gasteiger partial charge in [0.25, 0.3) is 0 Å². The molecule has 0 rings (SSSR count). The molecule has 0 amide bonds. The number of hydrogen-bond donors (Lipinski definition) is 0. The molecule has 6 heteroatoms. The Hall–Kier alpha value is -4.19. The lowest BCUT2D eigenvalue weighted by atomic mass is 10.0. The molecule has 0 aliphatic rings. The first-order chi connectivity index (χ1) is 41.0. The van der Waals surface area contributed by atoms with Crippen LogP contribution in [-0.4, -0.2) is 37.2 Å². The Morgan fingerprint density at radius 1 is 0.253 bits per heavy atom. The van der Waals surface area contributed by atoms with Crippen molar-refractivity contribution in [3.05, 3.63) is 122 Å². The van der Waals surface area contributed by atoms with E-state index in [1.807, 2.05) is 0 Å². The van der Waals surface area contributed by atoms with E-state index in [1.54, 1.807) is 0 Å². The summed E-state index contributed by atoms with van der Waals surface area (Å²) in [5.41, 5.74) is 0. The van der Waals surface area contributed by atoms with Gasteiger partial charge in [-0.05, 0) is 128 Å². The van der Waals surface area contributed by atoms with Crippen LogP contribution in [-0.2, 0) is 28.6 Å². The molecular formula is C77H130O6. The smallest absolute Gasteiger partial charge is 0.306 e. The summed E-state index contributed by atoms with van der Waals surface area (Å²) in [6, 6.07) is 0. The normalized spacial score (nSPS) is 12.9. The van der Waals surface area contributed by atoms with Crippen molar-refractivity contribution in [2.45, 2.75) is 335 Å². The third-order valence-electron chi connectivity index (χ3n) is 14.9. The van der Waals surface area contributed by atoms with E-state index < -0.39 is 6.10 Å². The van der Waals surface area contributed by atoms with Crippen molar-refractivity contribution in [3.8, 4) is 0 Å². The highest BCUT2D eigenvalue weighted by Gasteiger charge is 2.19. The van der Waals surface area contributed by atoms with Crippen molar-refractivity contribution in [2.24, 2.45) is 0 Å². The van der Waals surface area contributed by atoms with Gasteiger partial charge in [-0.1, -0.05) is 303 Å². The van der Waals surface area contributed by atoms with E-state index in [9.17, 15) is 14.4 Å². The molecule has 1 unspecified atom stereocenters. The van der Waals surface area contributed by atoms with E-state index in [1.165, 1.54) is 141 Å². The highest BCUT2D eigenvalue weighted by Crippen LogP contribution is 2.17. The van der Waals surface area contributed by atoms with Gasteiger partial charge in [-0.3, -0.25) is 14.4 Å². The molecule has 474 valence electrons. The third kappa shape index (κ3) is 68.5. The van der Waals surface area contributed by atoms with Crippen LogP contribution in [0.5, 0.6) is 0 Å². The summed E-state index contributed by atoms with van der Waals surface area (Å²) in [5, 5.41) is 0. The molecule has 0 fully saturated rings. The molecule has 0 aliphatic carbocycles.